The van der Waals surface area contributed by atoms with Crippen molar-refractivity contribution >= 4 is 0 Å². The van der Waals surface area contributed by atoms with E-state index in [1.165, 1.54) is 13.1 Å². The molecule has 0 aliphatic heterocycles. The standard InChI is InChI=1S/C11H14F2N2O4/c1-6-2-15(9(19)14-8(6)18)3-7-10(4-16,5-17)11(7,12)13/h2,7,16-17H,3-5H2,1H3,(H,14,18,19). The van der Waals surface area contributed by atoms with Gasteiger partial charge in [0.15, 0.2) is 0 Å². The zero-order valence-electron chi connectivity index (χ0n) is 10.2. The number of hydrogen-bond acceptors (Lipinski definition) is 4. The fraction of sp³-hybridized carbons (Fsp3) is 0.636. The van der Waals surface area contributed by atoms with Crippen LogP contribution in [0.3, 0.4) is 0 Å². The third-order valence-corrected chi connectivity index (χ3v) is 3.82. The van der Waals surface area contributed by atoms with Gasteiger partial charge in [0.2, 0.25) is 0 Å². The smallest absolute Gasteiger partial charge is 0.328 e. The summed E-state index contributed by atoms with van der Waals surface area (Å²) in [5.41, 5.74) is -3.03. The summed E-state index contributed by atoms with van der Waals surface area (Å²) < 4.78 is 28.2. The Bertz CT molecular complexity index is 603. The summed E-state index contributed by atoms with van der Waals surface area (Å²) in [4.78, 5) is 24.7. The van der Waals surface area contributed by atoms with Gasteiger partial charge in [-0.2, -0.15) is 0 Å². The molecule has 0 spiro atoms. The van der Waals surface area contributed by atoms with Crippen molar-refractivity contribution in [3.8, 4) is 0 Å². The summed E-state index contributed by atoms with van der Waals surface area (Å²) in [6, 6.07) is 0. The van der Waals surface area contributed by atoms with Gasteiger partial charge in [0.05, 0.1) is 24.5 Å². The highest BCUT2D eigenvalue weighted by molar-refractivity contribution is 5.18. The topological polar surface area (TPSA) is 95.3 Å². The van der Waals surface area contributed by atoms with Crippen LogP contribution in [0.5, 0.6) is 0 Å². The van der Waals surface area contributed by atoms with Crippen molar-refractivity contribution in [3.05, 3.63) is 32.6 Å². The molecule has 0 saturated heterocycles. The van der Waals surface area contributed by atoms with E-state index in [0.29, 0.717) is 0 Å². The Morgan fingerprint density at radius 2 is 1.95 bits per heavy atom. The second-order valence-electron chi connectivity index (χ2n) is 4.87. The largest absolute Gasteiger partial charge is 0.395 e. The second-order valence-corrected chi connectivity index (χ2v) is 4.87. The Labute approximate surface area is 106 Å². The molecule has 0 aromatic carbocycles. The average Bonchev–Trinajstić information content (AvgIpc) is 2.82. The lowest BCUT2D eigenvalue weighted by Gasteiger charge is -2.09. The van der Waals surface area contributed by atoms with Crippen LogP contribution in [-0.4, -0.2) is 38.9 Å². The summed E-state index contributed by atoms with van der Waals surface area (Å²) in [6.45, 7) is -0.647. The van der Waals surface area contributed by atoms with Crippen molar-refractivity contribution in [1.82, 2.24) is 9.55 Å². The third-order valence-electron chi connectivity index (χ3n) is 3.82. The van der Waals surface area contributed by atoms with Gasteiger partial charge >= 0.3 is 5.69 Å². The van der Waals surface area contributed by atoms with Crippen LogP contribution in [0.15, 0.2) is 15.8 Å². The van der Waals surface area contributed by atoms with E-state index in [1.54, 1.807) is 0 Å². The van der Waals surface area contributed by atoms with Gasteiger partial charge in [-0.1, -0.05) is 0 Å². The number of aliphatic hydroxyl groups excluding tert-OH is 2. The van der Waals surface area contributed by atoms with Crippen LogP contribution in [0.2, 0.25) is 0 Å². The minimum Gasteiger partial charge on any atom is -0.395 e. The maximum Gasteiger partial charge on any atom is 0.328 e. The number of nitrogens with one attached hydrogen (secondary N) is 1. The Morgan fingerprint density at radius 1 is 1.37 bits per heavy atom. The highest BCUT2D eigenvalue weighted by Crippen LogP contribution is 2.65. The van der Waals surface area contributed by atoms with Gasteiger partial charge in [0.25, 0.3) is 11.5 Å². The predicted octanol–water partition coefficient (Wildman–Crippen LogP) is -0.919. The molecular formula is C11H14F2N2O4. The van der Waals surface area contributed by atoms with E-state index in [-0.39, 0.29) is 12.1 Å². The van der Waals surface area contributed by atoms with E-state index in [1.807, 2.05) is 4.98 Å². The van der Waals surface area contributed by atoms with E-state index in [4.69, 9.17) is 10.2 Å². The van der Waals surface area contributed by atoms with Crippen molar-refractivity contribution in [2.45, 2.75) is 19.4 Å². The third kappa shape index (κ3) is 1.82. The molecule has 0 amide bonds. The Hall–Kier alpha value is -1.54. The highest BCUT2D eigenvalue weighted by Gasteiger charge is 2.80. The zero-order valence-corrected chi connectivity index (χ0v) is 10.2. The zero-order chi connectivity index (χ0) is 14.4. The molecule has 1 atom stereocenters. The van der Waals surface area contributed by atoms with Gasteiger partial charge < -0.3 is 10.2 Å². The van der Waals surface area contributed by atoms with Gasteiger partial charge in [-0.25, -0.2) is 13.6 Å². The first-order valence-electron chi connectivity index (χ1n) is 5.70. The van der Waals surface area contributed by atoms with Crippen LogP contribution in [0.1, 0.15) is 5.56 Å². The van der Waals surface area contributed by atoms with E-state index in [2.05, 4.69) is 0 Å². The number of halogens is 2. The number of nitrogens with zero attached hydrogens (tertiary/aromatic N) is 1. The number of aryl methyl sites for hydroxylation is 1. The van der Waals surface area contributed by atoms with Crippen LogP contribution >= 0.6 is 0 Å². The predicted molar refractivity (Wildman–Crippen MR) is 61.1 cm³/mol. The highest BCUT2D eigenvalue weighted by atomic mass is 19.3. The Balaban J connectivity index is 2.32. The quantitative estimate of drug-likeness (QED) is 0.663. The Kier molecular flexibility index (Phi) is 3.10. The van der Waals surface area contributed by atoms with Gasteiger partial charge in [-0.15, -0.1) is 0 Å². The molecule has 0 bridgehead atoms. The number of alkyl halides is 2. The molecule has 106 valence electrons. The number of aromatic nitrogens is 2. The van der Waals surface area contributed by atoms with Crippen LogP contribution in [-0.2, 0) is 6.54 Å². The molecular weight excluding hydrogens is 262 g/mol. The lowest BCUT2D eigenvalue weighted by atomic mass is 10.1. The normalized spacial score (nSPS) is 23.3. The molecule has 8 heteroatoms. The molecule has 1 heterocycles. The monoisotopic (exact) mass is 276 g/mol. The van der Waals surface area contributed by atoms with E-state index >= 15 is 0 Å². The van der Waals surface area contributed by atoms with Crippen molar-refractivity contribution in [3.63, 3.8) is 0 Å². The van der Waals surface area contributed by atoms with Crippen molar-refractivity contribution in [2.75, 3.05) is 13.2 Å². The lowest BCUT2D eigenvalue weighted by Crippen LogP contribution is -2.32. The molecule has 0 radical (unpaired) electrons. The number of hydrogen-bond donors (Lipinski definition) is 3. The average molecular weight is 276 g/mol. The molecule has 1 unspecified atom stereocenters. The van der Waals surface area contributed by atoms with Gasteiger partial charge in [0, 0.05) is 18.3 Å². The van der Waals surface area contributed by atoms with Crippen LogP contribution in [0.25, 0.3) is 0 Å². The first-order valence-corrected chi connectivity index (χ1v) is 5.70. The number of aromatic amines is 1. The van der Waals surface area contributed by atoms with Crippen LogP contribution in [0, 0.1) is 18.3 Å². The summed E-state index contributed by atoms with van der Waals surface area (Å²) in [6.07, 6.45) is 1.19. The molecule has 1 saturated carbocycles. The number of rotatable bonds is 4. The van der Waals surface area contributed by atoms with Gasteiger partial charge in [-0.3, -0.25) is 14.3 Å². The van der Waals surface area contributed by atoms with E-state index in [9.17, 15) is 18.4 Å². The SMILES string of the molecule is Cc1cn(CC2C(F)(F)C2(CO)CO)c(=O)[nH]c1=O. The molecule has 6 nitrogen and oxygen atoms in total. The van der Waals surface area contributed by atoms with E-state index in [0.717, 1.165) is 4.57 Å². The van der Waals surface area contributed by atoms with Crippen LogP contribution < -0.4 is 11.2 Å². The van der Waals surface area contributed by atoms with Gasteiger partial charge in [-0.05, 0) is 6.92 Å². The fourth-order valence-corrected chi connectivity index (χ4v) is 2.31. The van der Waals surface area contributed by atoms with Crippen molar-refractivity contribution < 1.29 is 19.0 Å². The van der Waals surface area contributed by atoms with Gasteiger partial charge in [0.1, 0.15) is 0 Å². The molecule has 2 rings (SSSR count). The first kappa shape index (κ1) is 13.9. The summed E-state index contributed by atoms with van der Waals surface area (Å²) in [7, 11) is 0. The molecule has 1 aliphatic rings. The molecule has 1 aromatic heterocycles. The Morgan fingerprint density at radius 3 is 2.42 bits per heavy atom. The maximum atomic E-state index is 13.6. The first-order chi connectivity index (χ1) is 8.80. The van der Waals surface area contributed by atoms with Crippen molar-refractivity contribution in [2.24, 2.45) is 11.3 Å². The molecule has 1 fully saturated rings. The van der Waals surface area contributed by atoms with E-state index < -0.39 is 41.7 Å². The van der Waals surface area contributed by atoms with Crippen molar-refractivity contribution in [1.29, 1.82) is 0 Å². The summed E-state index contributed by atoms with van der Waals surface area (Å²) in [5, 5.41) is 18.0. The maximum absolute atomic E-state index is 13.6. The molecule has 1 aromatic rings. The molecule has 1 aliphatic carbocycles. The number of aliphatic hydroxyl groups is 2. The lowest BCUT2D eigenvalue weighted by molar-refractivity contribution is 0.00811. The summed E-state index contributed by atoms with van der Waals surface area (Å²) >= 11 is 0. The minimum atomic E-state index is -3.24. The van der Waals surface area contributed by atoms with Crippen LogP contribution in [0.4, 0.5) is 8.78 Å². The molecule has 3 N–H and O–H groups in total. The fourth-order valence-electron chi connectivity index (χ4n) is 2.31. The second kappa shape index (κ2) is 4.24. The number of H-pyrrole nitrogens is 1. The minimum absolute atomic E-state index is 0.224. The molecule has 19 heavy (non-hydrogen) atoms. The summed E-state index contributed by atoms with van der Waals surface area (Å²) in [5.74, 6) is -4.57.